The molecule has 1 N–H and O–H groups in total. The number of rotatable bonds is 5. The van der Waals surface area contributed by atoms with Crippen LogP contribution in [0.2, 0.25) is 0 Å². The first kappa shape index (κ1) is 20.3. The molecule has 0 aromatic heterocycles. The third-order valence-electron chi connectivity index (χ3n) is 4.67. The number of hydrogen-bond donors (Lipinski definition) is 1. The maximum Gasteiger partial charge on any atom is 0.416 e. The van der Waals surface area contributed by atoms with Crippen molar-refractivity contribution in [1.82, 2.24) is 4.31 Å². The zero-order valence-corrected chi connectivity index (χ0v) is 16.0. The van der Waals surface area contributed by atoms with Gasteiger partial charge in [-0.1, -0.05) is 24.3 Å². The van der Waals surface area contributed by atoms with Crippen LogP contribution >= 0.6 is 0 Å². The van der Waals surface area contributed by atoms with Crippen LogP contribution in [0.4, 0.5) is 18.9 Å². The van der Waals surface area contributed by atoms with Crippen molar-refractivity contribution in [2.45, 2.75) is 23.4 Å². The molecule has 0 spiro atoms. The van der Waals surface area contributed by atoms with E-state index in [2.05, 4.69) is 5.32 Å². The zero-order valence-electron chi connectivity index (χ0n) is 15.2. The van der Waals surface area contributed by atoms with Crippen LogP contribution in [0.5, 0.6) is 0 Å². The third kappa shape index (κ3) is 4.05. The first-order valence-electron chi connectivity index (χ1n) is 8.51. The first-order chi connectivity index (χ1) is 13.0. The van der Waals surface area contributed by atoms with Gasteiger partial charge in [-0.25, -0.2) is 12.7 Å². The van der Waals surface area contributed by atoms with E-state index in [1.165, 1.54) is 56.6 Å². The van der Waals surface area contributed by atoms with E-state index >= 15 is 0 Å². The highest BCUT2D eigenvalue weighted by molar-refractivity contribution is 7.89. The van der Waals surface area contributed by atoms with E-state index in [0.717, 1.165) is 10.4 Å². The summed E-state index contributed by atoms with van der Waals surface area (Å²) in [6.45, 7) is 0. The summed E-state index contributed by atoms with van der Waals surface area (Å²) in [4.78, 5) is 12.5. The Hall–Kier alpha value is -2.39. The monoisotopic (exact) mass is 412 g/mol. The molecule has 0 bridgehead atoms. The summed E-state index contributed by atoms with van der Waals surface area (Å²) in [7, 11) is -0.866. The summed E-state index contributed by atoms with van der Waals surface area (Å²) in [6.07, 6.45) is -4.16. The molecule has 2 atom stereocenters. The lowest BCUT2D eigenvalue weighted by molar-refractivity contribution is -0.138. The van der Waals surface area contributed by atoms with Gasteiger partial charge in [-0.2, -0.15) is 13.2 Å². The Labute approximate surface area is 161 Å². The minimum absolute atomic E-state index is 0.0186. The van der Waals surface area contributed by atoms with Gasteiger partial charge < -0.3 is 5.32 Å². The summed E-state index contributed by atoms with van der Waals surface area (Å²) in [5, 5.41) is 2.61. The van der Waals surface area contributed by atoms with Gasteiger partial charge in [0.05, 0.1) is 10.5 Å². The third-order valence-corrected chi connectivity index (χ3v) is 6.48. The lowest BCUT2D eigenvalue weighted by Crippen LogP contribution is -2.22. The van der Waals surface area contributed by atoms with Crippen LogP contribution in [0.25, 0.3) is 0 Å². The van der Waals surface area contributed by atoms with E-state index in [4.69, 9.17) is 0 Å². The van der Waals surface area contributed by atoms with Crippen molar-refractivity contribution >= 4 is 21.6 Å². The van der Waals surface area contributed by atoms with E-state index < -0.39 is 39.5 Å². The van der Waals surface area contributed by atoms with Crippen molar-refractivity contribution in [2.75, 3.05) is 19.4 Å². The summed E-state index contributed by atoms with van der Waals surface area (Å²) in [5.74, 6) is -1.52. The Balaban J connectivity index is 1.75. The molecular weight excluding hydrogens is 393 g/mol. The second kappa shape index (κ2) is 7.21. The molecule has 150 valence electrons. The minimum atomic E-state index is -4.48. The van der Waals surface area contributed by atoms with Crippen LogP contribution in [-0.4, -0.2) is 32.7 Å². The fourth-order valence-corrected chi connectivity index (χ4v) is 4.04. The van der Waals surface area contributed by atoms with Crippen molar-refractivity contribution in [2.24, 2.45) is 5.92 Å². The van der Waals surface area contributed by atoms with Gasteiger partial charge in [-0.05, 0) is 42.2 Å². The van der Waals surface area contributed by atoms with E-state index in [1.54, 1.807) is 0 Å². The predicted octanol–water partition coefficient (Wildman–Crippen LogP) is 3.70. The molecule has 0 heterocycles. The number of halogens is 3. The smallest absolute Gasteiger partial charge is 0.326 e. The van der Waals surface area contributed by atoms with Gasteiger partial charge in [0.1, 0.15) is 0 Å². The highest BCUT2D eigenvalue weighted by atomic mass is 32.2. The molecule has 28 heavy (non-hydrogen) atoms. The number of nitrogens with one attached hydrogen (secondary N) is 1. The molecule has 1 amide bonds. The molecule has 1 fully saturated rings. The SMILES string of the molecule is CN(C)S(=O)(=O)c1cccc(NC(=O)C2CC2c2ccccc2C(F)(F)F)c1. The normalized spacial score (nSPS) is 19.5. The molecule has 2 unspecified atom stereocenters. The maximum atomic E-state index is 13.2. The molecule has 0 aliphatic heterocycles. The Kier molecular flexibility index (Phi) is 5.24. The number of carbonyl (C=O) groups is 1. The summed E-state index contributed by atoms with van der Waals surface area (Å²) in [6, 6.07) is 11.0. The number of amides is 1. The molecule has 0 radical (unpaired) electrons. The molecule has 2 aromatic rings. The molecular formula is C19H19F3N2O3S. The number of anilines is 1. The molecule has 1 saturated carbocycles. The summed E-state index contributed by atoms with van der Waals surface area (Å²) in [5.41, 5.74) is -0.337. The Morgan fingerprint density at radius 1 is 1.11 bits per heavy atom. The molecule has 1 aliphatic carbocycles. The average Bonchev–Trinajstić information content (AvgIpc) is 3.42. The highest BCUT2D eigenvalue weighted by Gasteiger charge is 2.47. The first-order valence-corrected chi connectivity index (χ1v) is 9.95. The van der Waals surface area contributed by atoms with Gasteiger partial charge >= 0.3 is 6.18 Å². The average molecular weight is 412 g/mol. The molecule has 3 rings (SSSR count). The maximum absolute atomic E-state index is 13.2. The standard InChI is InChI=1S/C19H19F3N2O3S/c1-24(2)28(26,27)13-7-5-6-12(10-13)23-18(25)16-11-15(16)14-8-3-4-9-17(14)19(20,21)22/h3-10,15-16H,11H2,1-2H3,(H,23,25). The van der Waals surface area contributed by atoms with Gasteiger partial charge in [0.15, 0.2) is 0 Å². The highest BCUT2D eigenvalue weighted by Crippen LogP contribution is 2.51. The van der Waals surface area contributed by atoms with Gasteiger partial charge in [-0.3, -0.25) is 4.79 Å². The second-order valence-corrected chi connectivity index (χ2v) is 8.99. The summed E-state index contributed by atoms with van der Waals surface area (Å²) >= 11 is 0. The van der Waals surface area contributed by atoms with Crippen molar-refractivity contribution in [3.63, 3.8) is 0 Å². The lowest BCUT2D eigenvalue weighted by atomic mass is 10.0. The number of alkyl halides is 3. The number of hydrogen-bond acceptors (Lipinski definition) is 3. The second-order valence-electron chi connectivity index (χ2n) is 6.84. The number of benzene rings is 2. The quantitative estimate of drug-likeness (QED) is 0.815. The van der Waals surface area contributed by atoms with Gasteiger partial charge in [0, 0.05) is 25.7 Å². The fourth-order valence-electron chi connectivity index (χ4n) is 3.09. The number of carbonyl (C=O) groups excluding carboxylic acids is 1. The van der Waals surface area contributed by atoms with E-state index in [-0.39, 0.29) is 16.1 Å². The van der Waals surface area contributed by atoms with Gasteiger partial charge in [-0.15, -0.1) is 0 Å². The molecule has 0 saturated heterocycles. The molecule has 1 aliphatic rings. The number of sulfonamides is 1. The van der Waals surface area contributed by atoms with Crippen LogP contribution in [0.1, 0.15) is 23.5 Å². The minimum Gasteiger partial charge on any atom is -0.326 e. The van der Waals surface area contributed by atoms with Crippen LogP contribution < -0.4 is 5.32 Å². The van der Waals surface area contributed by atoms with Gasteiger partial charge in [0.2, 0.25) is 15.9 Å². The Bertz CT molecular complexity index is 1000. The van der Waals surface area contributed by atoms with Crippen LogP contribution in [-0.2, 0) is 21.0 Å². The van der Waals surface area contributed by atoms with Crippen LogP contribution in [0.3, 0.4) is 0 Å². The molecule has 5 nitrogen and oxygen atoms in total. The summed E-state index contributed by atoms with van der Waals surface area (Å²) < 4.78 is 65.0. The van der Waals surface area contributed by atoms with Crippen LogP contribution in [0, 0.1) is 5.92 Å². The number of nitrogens with zero attached hydrogens (tertiary/aromatic N) is 1. The molecule has 9 heteroatoms. The largest absolute Gasteiger partial charge is 0.416 e. The van der Waals surface area contributed by atoms with Crippen LogP contribution in [0.15, 0.2) is 53.4 Å². The van der Waals surface area contributed by atoms with Crippen molar-refractivity contribution < 1.29 is 26.4 Å². The topological polar surface area (TPSA) is 66.5 Å². The Morgan fingerprint density at radius 2 is 1.79 bits per heavy atom. The lowest BCUT2D eigenvalue weighted by Gasteiger charge is -2.13. The van der Waals surface area contributed by atoms with Crippen molar-refractivity contribution in [3.8, 4) is 0 Å². The predicted molar refractivity (Wildman–Crippen MR) is 98.2 cm³/mol. The van der Waals surface area contributed by atoms with Crippen molar-refractivity contribution in [3.05, 3.63) is 59.7 Å². The van der Waals surface area contributed by atoms with E-state index in [0.29, 0.717) is 6.42 Å². The van der Waals surface area contributed by atoms with E-state index in [9.17, 15) is 26.4 Å². The zero-order chi connectivity index (χ0) is 20.7. The van der Waals surface area contributed by atoms with Crippen molar-refractivity contribution in [1.29, 1.82) is 0 Å². The molecule has 2 aromatic carbocycles. The van der Waals surface area contributed by atoms with E-state index in [1.807, 2.05) is 0 Å². The fraction of sp³-hybridized carbons (Fsp3) is 0.316. The van der Waals surface area contributed by atoms with Gasteiger partial charge in [0.25, 0.3) is 0 Å². The Morgan fingerprint density at radius 3 is 2.43 bits per heavy atom.